The molecule has 210 valence electrons. The monoisotopic (exact) mass is 578 g/mol. The average molecular weight is 579 g/mol. The number of hydrogen-bond acceptors (Lipinski definition) is 6. The fourth-order valence-corrected chi connectivity index (χ4v) is 6.98. The van der Waals surface area contributed by atoms with Crippen LogP contribution < -0.4 is 5.32 Å². The molecule has 1 N–H and O–H groups in total. The summed E-state index contributed by atoms with van der Waals surface area (Å²) in [5.74, 6) is -5.80. The number of nitrogens with one attached hydrogen (secondary N) is 1. The Hall–Kier alpha value is -3.48. The molecule has 0 bridgehead atoms. The Morgan fingerprint density at radius 3 is 2.38 bits per heavy atom. The van der Waals surface area contributed by atoms with E-state index in [4.69, 9.17) is 0 Å². The second-order valence-electron chi connectivity index (χ2n) is 11.3. The molecule has 7 nitrogen and oxygen atoms in total. The SMILES string of the molecule is Cc1nc(C(F)(F)F)cc(-c2ccnc3cc(CN4C(=O)C5C(C4=O)C5(C)C)sc23)c1NC(=O)C1CC(F)(F)C1. The van der Waals surface area contributed by atoms with E-state index in [2.05, 4.69) is 15.3 Å². The van der Waals surface area contributed by atoms with Crippen LogP contribution in [0.15, 0.2) is 24.4 Å². The lowest BCUT2D eigenvalue weighted by molar-refractivity contribution is -0.145. The summed E-state index contributed by atoms with van der Waals surface area (Å²) in [6.45, 7) is 5.08. The second kappa shape index (κ2) is 8.51. The zero-order chi connectivity index (χ0) is 28.9. The lowest BCUT2D eigenvalue weighted by atomic mass is 9.80. The van der Waals surface area contributed by atoms with Crippen molar-refractivity contribution in [3.05, 3.63) is 40.7 Å². The van der Waals surface area contributed by atoms with Crippen LogP contribution in [0, 0.1) is 30.1 Å². The number of hydrogen-bond donors (Lipinski definition) is 1. The molecular formula is C27H23F5N4O3S. The van der Waals surface area contributed by atoms with E-state index in [0.29, 0.717) is 20.7 Å². The highest BCUT2D eigenvalue weighted by Gasteiger charge is 2.72. The van der Waals surface area contributed by atoms with Crippen molar-refractivity contribution in [3.63, 3.8) is 0 Å². The van der Waals surface area contributed by atoms with Gasteiger partial charge in [0.2, 0.25) is 23.6 Å². The van der Waals surface area contributed by atoms with Crippen molar-refractivity contribution in [1.82, 2.24) is 14.9 Å². The fraction of sp³-hybridized carbons (Fsp3) is 0.444. The third-order valence-corrected chi connectivity index (χ3v) is 9.30. The largest absolute Gasteiger partial charge is 0.433 e. The number of carbonyl (C=O) groups excluding carboxylic acids is 3. The van der Waals surface area contributed by atoms with Gasteiger partial charge in [-0.15, -0.1) is 11.3 Å². The van der Waals surface area contributed by atoms with Gasteiger partial charge in [-0.1, -0.05) is 13.8 Å². The zero-order valence-electron chi connectivity index (χ0n) is 21.5. The van der Waals surface area contributed by atoms with E-state index >= 15 is 0 Å². The van der Waals surface area contributed by atoms with Crippen molar-refractivity contribution in [2.45, 2.75) is 52.3 Å². The molecule has 2 aliphatic carbocycles. The summed E-state index contributed by atoms with van der Waals surface area (Å²) in [6, 6.07) is 3.98. The number of likely N-dealkylation sites (tertiary alicyclic amines) is 1. The highest BCUT2D eigenvalue weighted by Crippen LogP contribution is 2.63. The Morgan fingerprint density at radius 1 is 1.12 bits per heavy atom. The fourth-order valence-electron chi connectivity index (χ4n) is 5.85. The van der Waals surface area contributed by atoms with Gasteiger partial charge in [0.25, 0.3) is 0 Å². The molecule has 40 heavy (non-hydrogen) atoms. The van der Waals surface area contributed by atoms with Gasteiger partial charge in [-0.3, -0.25) is 24.3 Å². The molecule has 13 heteroatoms. The van der Waals surface area contributed by atoms with Gasteiger partial charge >= 0.3 is 6.18 Å². The topological polar surface area (TPSA) is 92.3 Å². The van der Waals surface area contributed by atoms with Crippen LogP contribution in [0.3, 0.4) is 0 Å². The van der Waals surface area contributed by atoms with E-state index in [1.807, 2.05) is 13.8 Å². The Bertz CT molecular complexity index is 1580. The maximum Gasteiger partial charge on any atom is 0.433 e. The van der Waals surface area contributed by atoms with E-state index < -0.39 is 42.5 Å². The normalized spacial score (nSPS) is 23.4. The zero-order valence-corrected chi connectivity index (χ0v) is 22.3. The number of imide groups is 1. The number of nitrogens with zero attached hydrogens (tertiary/aromatic N) is 3. The lowest BCUT2D eigenvalue weighted by Crippen LogP contribution is -2.42. The predicted octanol–water partition coefficient (Wildman–Crippen LogP) is 5.81. The first kappa shape index (κ1) is 26.7. The number of pyridine rings is 2. The van der Waals surface area contributed by atoms with Crippen molar-refractivity contribution in [1.29, 1.82) is 0 Å². The number of aromatic nitrogens is 2. The number of fused-ring (bicyclic) bond motifs is 2. The van der Waals surface area contributed by atoms with Crippen LogP contribution in [0.5, 0.6) is 0 Å². The second-order valence-corrected chi connectivity index (χ2v) is 12.4. The van der Waals surface area contributed by atoms with Gasteiger partial charge in [0.05, 0.1) is 40.0 Å². The molecule has 6 rings (SSSR count). The van der Waals surface area contributed by atoms with Crippen LogP contribution in [-0.2, 0) is 27.1 Å². The van der Waals surface area contributed by atoms with Crippen molar-refractivity contribution >= 4 is 45.0 Å². The van der Waals surface area contributed by atoms with Gasteiger partial charge in [-0.05, 0) is 30.5 Å². The van der Waals surface area contributed by atoms with Crippen molar-refractivity contribution in [3.8, 4) is 11.1 Å². The maximum atomic E-state index is 13.7. The first-order valence-electron chi connectivity index (χ1n) is 12.6. The first-order chi connectivity index (χ1) is 18.6. The van der Waals surface area contributed by atoms with Crippen LogP contribution in [0.2, 0.25) is 0 Å². The lowest BCUT2D eigenvalue weighted by Gasteiger charge is -2.34. The third kappa shape index (κ3) is 4.16. The summed E-state index contributed by atoms with van der Waals surface area (Å²) in [4.78, 5) is 48.1. The van der Waals surface area contributed by atoms with Gasteiger partial charge in [0.1, 0.15) is 5.69 Å². The van der Waals surface area contributed by atoms with Crippen molar-refractivity contribution in [2.24, 2.45) is 23.2 Å². The molecule has 3 aromatic rings. The smallest absolute Gasteiger partial charge is 0.324 e. The highest BCUT2D eigenvalue weighted by molar-refractivity contribution is 7.19. The summed E-state index contributed by atoms with van der Waals surface area (Å²) in [5, 5.41) is 2.54. The number of alkyl halides is 5. The molecule has 1 saturated heterocycles. The van der Waals surface area contributed by atoms with Gasteiger partial charge in [-0.25, -0.2) is 13.8 Å². The number of thiophene rings is 1. The van der Waals surface area contributed by atoms with E-state index in [-0.39, 0.29) is 52.6 Å². The Kier molecular flexibility index (Phi) is 5.69. The molecule has 3 fully saturated rings. The van der Waals surface area contributed by atoms with Crippen molar-refractivity contribution in [2.75, 3.05) is 5.32 Å². The molecule has 3 aliphatic rings. The minimum Gasteiger partial charge on any atom is -0.324 e. The Balaban J connectivity index is 1.38. The predicted molar refractivity (Wildman–Crippen MR) is 135 cm³/mol. The molecule has 0 spiro atoms. The summed E-state index contributed by atoms with van der Waals surface area (Å²) in [6.07, 6.45) is -4.65. The highest BCUT2D eigenvalue weighted by atomic mass is 32.1. The molecule has 0 aromatic carbocycles. The minimum absolute atomic E-state index is 0.0105. The van der Waals surface area contributed by atoms with Gasteiger partial charge in [0.15, 0.2) is 0 Å². The Morgan fingerprint density at radius 2 is 1.77 bits per heavy atom. The Labute approximate surface area is 228 Å². The van der Waals surface area contributed by atoms with Crippen LogP contribution in [0.25, 0.3) is 21.3 Å². The van der Waals surface area contributed by atoms with Crippen LogP contribution >= 0.6 is 11.3 Å². The average Bonchev–Trinajstić information content (AvgIpc) is 3.08. The van der Waals surface area contributed by atoms with E-state index in [9.17, 15) is 36.3 Å². The summed E-state index contributed by atoms with van der Waals surface area (Å²) >= 11 is 1.17. The molecular weight excluding hydrogens is 555 g/mol. The number of amides is 3. The van der Waals surface area contributed by atoms with E-state index in [1.54, 1.807) is 6.07 Å². The number of piperidine rings is 1. The van der Waals surface area contributed by atoms with E-state index in [1.165, 1.54) is 35.4 Å². The molecule has 2 atom stereocenters. The van der Waals surface area contributed by atoms with Crippen molar-refractivity contribution < 1.29 is 36.3 Å². The summed E-state index contributed by atoms with van der Waals surface area (Å²) in [5.41, 5.74) is -0.911. The van der Waals surface area contributed by atoms with Crippen LogP contribution in [0.4, 0.5) is 27.6 Å². The molecule has 0 radical (unpaired) electrons. The van der Waals surface area contributed by atoms with Crippen LogP contribution in [0.1, 0.15) is 43.0 Å². The quantitative estimate of drug-likeness (QED) is 0.305. The minimum atomic E-state index is -4.78. The molecule has 2 saturated carbocycles. The summed E-state index contributed by atoms with van der Waals surface area (Å²) < 4.78 is 68.4. The first-order valence-corrected chi connectivity index (χ1v) is 13.4. The van der Waals surface area contributed by atoms with Gasteiger partial charge < -0.3 is 5.32 Å². The standard InChI is InChI=1S/C27H23F5N4O3S/c1-11-20(35-22(37)12-8-26(28,29)9-12)15(7-17(34-11)27(30,31)32)14-4-5-33-16-6-13(40-21(14)16)10-36-23(38)18-19(24(36)39)25(18,2)3/h4-7,12,18-19H,8-10H2,1-3H3,(H,35,37). The van der Waals surface area contributed by atoms with Gasteiger partial charge in [0, 0.05) is 41.0 Å². The third-order valence-electron chi connectivity index (χ3n) is 8.16. The molecule has 3 amide bonds. The van der Waals surface area contributed by atoms with Gasteiger partial charge in [-0.2, -0.15) is 13.2 Å². The number of halogens is 5. The van der Waals surface area contributed by atoms with E-state index in [0.717, 1.165) is 6.07 Å². The maximum absolute atomic E-state index is 13.7. The molecule has 4 heterocycles. The summed E-state index contributed by atoms with van der Waals surface area (Å²) in [7, 11) is 0. The number of rotatable bonds is 5. The number of anilines is 1. The number of aryl methyl sites for hydroxylation is 1. The molecule has 1 aliphatic heterocycles. The van der Waals surface area contributed by atoms with Crippen LogP contribution in [-0.4, -0.2) is 38.5 Å². The molecule has 2 unspecified atom stereocenters. The molecule has 3 aromatic heterocycles. The number of carbonyl (C=O) groups is 3.